The second kappa shape index (κ2) is 44.2. The molecule has 98 heavy (non-hydrogen) atoms. The second-order valence-electron chi connectivity index (χ2n) is 26.0. The molecule has 0 heterocycles. The molecule has 0 atom stereocenters. The van der Waals surface area contributed by atoms with Crippen LogP contribution in [0.2, 0.25) is 0 Å². The summed E-state index contributed by atoms with van der Waals surface area (Å²) in [6, 6.07) is 77.1. The molecule has 9 aromatic rings. The third kappa shape index (κ3) is 24.1. The van der Waals surface area contributed by atoms with Crippen molar-refractivity contribution in [1.82, 2.24) is 0 Å². The summed E-state index contributed by atoms with van der Waals surface area (Å²) in [7, 11) is 0. The minimum Gasteiger partial charge on any atom is -0.491 e. The molecular weight excluding hydrogens is 1250 g/mol. The molecule has 0 fully saturated rings. The van der Waals surface area contributed by atoms with E-state index in [1.807, 2.05) is 0 Å². The summed E-state index contributed by atoms with van der Waals surface area (Å²) < 4.78 is 34.6. The van der Waals surface area contributed by atoms with E-state index in [0.717, 1.165) is 68.8 Å². The highest BCUT2D eigenvalue weighted by Crippen LogP contribution is 2.56. The van der Waals surface area contributed by atoms with Crippen LogP contribution in [0.3, 0.4) is 0 Å². The predicted octanol–water partition coefficient (Wildman–Crippen LogP) is 25.3. The molecule has 0 unspecified atom stereocenters. The molecular formula is C90H108Cl2O6. The van der Waals surface area contributed by atoms with Crippen molar-refractivity contribution >= 4 is 23.2 Å². The van der Waals surface area contributed by atoms with E-state index < -0.39 is 0 Å². The fourth-order valence-electron chi connectivity index (χ4n) is 13.3. The number of hydrogen-bond acceptors (Lipinski definition) is 6. The molecule has 0 saturated carbocycles. The number of aryl methyl sites for hydroxylation is 2. The number of benzene rings is 9. The van der Waals surface area contributed by atoms with Gasteiger partial charge in [0.05, 0.1) is 52.9 Å². The molecule has 0 aromatic heterocycles. The van der Waals surface area contributed by atoms with Crippen LogP contribution in [0.15, 0.2) is 206 Å². The Labute approximate surface area is 598 Å². The van der Waals surface area contributed by atoms with Crippen molar-refractivity contribution < 1.29 is 28.4 Å². The van der Waals surface area contributed by atoms with E-state index in [0.29, 0.717) is 77.8 Å². The van der Waals surface area contributed by atoms with Crippen LogP contribution >= 0.6 is 23.2 Å². The quantitative estimate of drug-likeness (QED) is 0.0280. The Morgan fingerprint density at radius 1 is 0.214 bits per heavy atom. The van der Waals surface area contributed by atoms with Gasteiger partial charge in [-0.2, -0.15) is 0 Å². The van der Waals surface area contributed by atoms with E-state index in [2.05, 4.69) is 220 Å². The molecule has 0 aliphatic rings. The highest BCUT2D eigenvalue weighted by Gasteiger charge is 2.29. The van der Waals surface area contributed by atoms with Gasteiger partial charge < -0.3 is 28.4 Å². The Morgan fingerprint density at radius 2 is 0.439 bits per heavy atom. The van der Waals surface area contributed by atoms with Gasteiger partial charge in [0.2, 0.25) is 0 Å². The maximum absolute atomic E-state index is 6.11. The van der Waals surface area contributed by atoms with E-state index in [1.54, 1.807) is 0 Å². The number of hydrogen-bond donors (Lipinski definition) is 0. The first kappa shape index (κ1) is 75.2. The molecule has 0 saturated heterocycles. The van der Waals surface area contributed by atoms with Gasteiger partial charge in [-0.3, -0.25) is 0 Å². The van der Waals surface area contributed by atoms with Crippen LogP contribution in [0, 0.1) is 0 Å². The Hall–Kier alpha value is -7.00. The zero-order valence-electron chi connectivity index (χ0n) is 58.9. The summed E-state index contributed by atoms with van der Waals surface area (Å²) in [6.07, 6.45) is 28.7. The summed E-state index contributed by atoms with van der Waals surface area (Å²) in [5.74, 6) is 2.56. The minimum atomic E-state index is 0.450. The second-order valence-corrected chi connectivity index (χ2v) is 26.7. The van der Waals surface area contributed by atoms with Gasteiger partial charge in [0, 0.05) is 11.8 Å². The first-order valence-corrected chi connectivity index (χ1v) is 38.3. The Bertz CT molecular complexity index is 3350. The highest BCUT2D eigenvalue weighted by atomic mass is 35.5. The van der Waals surface area contributed by atoms with Gasteiger partial charge in [-0.15, -0.1) is 23.2 Å². The van der Waals surface area contributed by atoms with Crippen molar-refractivity contribution in [1.29, 1.82) is 0 Å². The average molecular weight is 1360 g/mol. The molecule has 9 rings (SSSR count). The standard InChI is InChI=1S/C90H108Cl2O6/c1-3-5-7-9-11-13-15-17-19-23-29-71-35-39-79(40-36-71)87-85(77-31-25-21-26-32-77)89(81-47-43-73(44-48-81)75-51-55-83(56-52-75)97-69-67-95-65-63-93-61-59-91)90(82-49-45-74(46-50-82)76-53-57-84(58-54-76)98-70-68-96-66-64-94-62-60-92)86(78-33-27-22-28-34-78)88(87)80-41-37-72(38-42-80)30-24-20-18-16-14-12-10-8-6-4-2/h21-22,25-28,31-58H,3-20,23-24,29-30,59-70H2,1-2H3. The van der Waals surface area contributed by atoms with Gasteiger partial charge in [-0.05, 0) is 150 Å². The molecule has 0 bridgehead atoms. The maximum Gasteiger partial charge on any atom is 0.119 e. The number of alkyl halides is 2. The molecule has 0 aliphatic heterocycles. The number of rotatable bonds is 48. The number of halogens is 2. The van der Waals surface area contributed by atoms with Gasteiger partial charge in [-0.25, -0.2) is 0 Å². The summed E-state index contributed by atoms with van der Waals surface area (Å²) in [4.78, 5) is 0. The molecule has 0 amide bonds. The monoisotopic (exact) mass is 1350 g/mol. The van der Waals surface area contributed by atoms with Crippen molar-refractivity contribution in [2.45, 2.75) is 155 Å². The molecule has 9 aromatic carbocycles. The first-order chi connectivity index (χ1) is 48.6. The van der Waals surface area contributed by atoms with Crippen molar-refractivity contribution in [2.24, 2.45) is 0 Å². The van der Waals surface area contributed by atoms with Crippen LogP contribution in [0.25, 0.3) is 89.0 Å². The van der Waals surface area contributed by atoms with Crippen molar-refractivity contribution in [3.05, 3.63) is 217 Å². The maximum atomic E-state index is 6.11. The van der Waals surface area contributed by atoms with Crippen LogP contribution in [0.4, 0.5) is 0 Å². The van der Waals surface area contributed by atoms with Crippen LogP contribution in [0.1, 0.15) is 153 Å². The Morgan fingerprint density at radius 3 is 0.724 bits per heavy atom. The van der Waals surface area contributed by atoms with Gasteiger partial charge in [0.1, 0.15) is 24.7 Å². The molecule has 8 heteroatoms. The normalized spacial score (nSPS) is 11.4. The first-order valence-electron chi connectivity index (χ1n) is 37.2. The molecule has 0 N–H and O–H groups in total. The van der Waals surface area contributed by atoms with E-state index in [9.17, 15) is 0 Å². The average Bonchev–Trinajstić information content (AvgIpc) is 0.717. The van der Waals surface area contributed by atoms with Crippen LogP contribution in [-0.4, -0.2) is 77.8 Å². The Kier molecular flexibility index (Phi) is 33.9. The molecule has 0 aliphatic carbocycles. The Balaban J connectivity index is 1.14. The van der Waals surface area contributed by atoms with Gasteiger partial charge >= 0.3 is 0 Å². The number of unbranched alkanes of at least 4 members (excludes halogenated alkanes) is 18. The fourth-order valence-corrected chi connectivity index (χ4v) is 13.6. The highest BCUT2D eigenvalue weighted by molar-refractivity contribution is 6.18. The van der Waals surface area contributed by atoms with E-state index in [1.165, 1.54) is 184 Å². The van der Waals surface area contributed by atoms with Crippen LogP contribution < -0.4 is 9.47 Å². The SMILES string of the molecule is CCCCCCCCCCCCc1ccc(-c2c(-c3ccccc3)c(-c3ccc(-c4ccc(OCCOCCOCCCl)cc4)cc3)c(-c3ccc(-c4ccc(OCCOCCOCCCl)cc4)cc3)c(-c3ccccc3)c2-c2ccc(CCCCCCCCCCCC)cc2)cc1. The van der Waals surface area contributed by atoms with Crippen molar-refractivity contribution in [3.8, 4) is 101 Å². The third-order valence-corrected chi connectivity index (χ3v) is 19.0. The van der Waals surface area contributed by atoms with E-state index in [4.69, 9.17) is 51.6 Å². The molecule has 0 spiro atoms. The summed E-state index contributed by atoms with van der Waals surface area (Å²) in [5.41, 5.74) is 21.5. The van der Waals surface area contributed by atoms with Crippen LogP contribution in [0.5, 0.6) is 11.5 Å². The third-order valence-electron chi connectivity index (χ3n) is 18.7. The summed E-state index contributed by atoms with van der Waals surface area (Å²) >= 11 is 11.5. The summed E-state index contributed by atoms with van der Waals surface area (Å²) in [5, 5.41) is 0. The molecule has 6 nitrogen and oxygen atoms in total. The lowest BCUT2D eigenvalue weighted by Crippen LogP contribution is -2.11. The lowest BCUT2D eigenvalue weighted by Gasteiger charge is -2.29. The van der Waals surface area contributed by atoms with Gasteiger partial charge in [-0.1, -0.05) is 311 Å². The van der Waals surface area contributed by atoms with Crippen molar-refractivity contribution in [3.63, 3.8) is 0 Å². The smallest absolute Gasteiger partial charge is 0.119 e. The van der Waals surface area contributed by atoms with Gasteiger partial charge in [0.25, 0.3) is 0 Å². The molecule has 518 valence electrons. The van der Waals surface area contributed by atoms with Gasteiger partial charge in [0.15, 0.2) is 0 Å². The lowest BCUT2D eigenvalue weighted by molar-refractivity contribution is 0.0410. The largest absolute Gasteiger partial charge is 0.491 e. The lowest BCUT2D eigenvalue weighted by atomic mass is 9.74. The fraction of sp³-hybridized carbons (Fsp3) is 0.400. The van der Waals surface area contributed by atoms with Crippen molar-refractivity contribution in [2.75, 3.05) is 77.8 Å². The molecule has 0 radical (unpaired) electrons. The zero-order chi connectivity index (χ0) is 67.9. The number of ether oxygens (including phenoxy) is 6. The van der Waals surface area contributed by atoms with E-state index >= 15 is 0 Å². The van der Waals surface area contributed by atoms with E-state index in [-0.39, 0.29) is 0 Å². The summed E-state index contributed by atoms with van der Waals surface area (Å²) in [6.45, 7) is 9.55. The van der Waals surface area contributed by atoms with Crippen LogP contribution in [-0.2, 0) is 31.8 Å². The topological polar surface area (TPSA) is 55.4 Å². The zero-order valence-corrected chi connectivity index (χ0v) is 60.4. The predicted molar refractivity (Wildman–Crippen MR) is 417 cm³/mol. The minimum absolute atomic E-state index is 0.450.